The minimum Gasteiger partial charge on any atom is -0.497 e. The van der Waals surface area contributed by atoms with Crippen molar-refractivity contribution in [1.29, 1.82) is 0 Å². The summed E-state index contributed by atoms with van der Waals surface area (Å²) in [4.78, 5) is 29.6. The van der Waals surface area contributed by atoms with Gasteiger partial charge in [-0.15, -0.1) is 0 Å². The molecular formula is C25H36N4O4. The number of nitrogens with one attached hydrogen (secondary N) is 1. The normalized spacial score (nSPS) is 16.2. The van der Waals surface area contributed by atoms with E-state index in [4.69, 9.17) is 9.26 Å². The van der Waals surface area contributed by atoms with Crippen molar-refractivity contribution < 1.29 is 18.8 Å². The fourth-order valence-electron chi connectivity index (χ4n) is 4.21. The molecule has 1 aliphatic rings. The molecular weight excluding hydrogens is 420 g/mol. The highest BCUT2D eigenvalue weighted by atomic mass is 16.5. The second kappa shape index (κ2) is 11.8. The van der Waals surface area contributed by atoms with Gasteiger partial charge in [-0.05, 0) is 50.9 Å². The number of hydrogen-bond donors (Lipinski definition) is 1. The second-order valence-electron chi connectivity index (χ2n) is 9.12. The number of aromatic nitrogens is 1. The molecule has 0 aliphatic carbocycles. The lowest BCUT2D eigenvalue weighted by Gasteiger charge is -2.23. The zero-order valence-corrected chi connectivity index (χ0v) is 20.2. The number of carbonyl (C=O) groups excluding carboxylic acids is 2. The minimum atomic E-state index is -0.234. The molecule has 2 amide bonds. The van der Waals surface area contributed by atoms with E-state index < -0.39 is 0 Å². The van der Waals surface area contributed by atoms with Crippen LogP contribution in [0.4, 0.5) is 0 Å². The van der Waals surface area contributed by atoms with Gasteiger partial charge in [0.2, 0.25) is 5.91 Å². The molecule has 1 aromatic carbocycles. The lowest BCUT2D eigenvalue weighted by molar-refractivity contribution is -0.121. The van der Waals surface area contributed by atoms with Crippen LogP contribution >= 0.6 is 0 Å². The Kier molecular flexibility index (Phi) is 8.88. The average Bonchev–Trinajstić information content (AvgIpc) is 3.45. The van der Waals surface area contributed by atoms with E-state index in [1.54, 1.807) is 18.1 Å². The van der Waals surface area contributed by atoms with Gasteiger partial charge in [0.1, 0.15) is 5.75 Å². The molecule has 1 fully saturated rings. The molecule has 3 rings (SSSR count). The van der Waals surface area contributed by atoms with Crippen LogP contribution in [-0.4, -0.2) is 73.1 Å². The number of methoxy groups -OCH3 is 1. The number of likely N-dealkylation sites (tertiary alicyclic amines) is 1. The zero-order valence-electron chi connectivity index (χ0n) is 20.2. The van der Waals surface area contributed by atoms with Crippen molar-refractivity contribution in [2.24, 2.45) is 5.92 Å². The number of rotatable bonds is 11. The SMILES string of the molecule is COc1cccc(-c2cc(C(=O)N(CCC(=O)NCC[C@@H]3CCCN3C)CC(C)C)no2)c1. The third-order valence-corrected chi connectivity index (χ3v) is 6.04. The van der Waals surface area contributed by atoms with Crippen molar-refractivity contribution >= 4 is 11.8 Å². The van der Waals surface area contributed by atoms with E-state index in [1.165, 1.54) is 12.8 Å². The summed E-state index contributed by atoms with van der Waals surface area (Å²) in [5.41, 5.74) is 1.02. The lowest BCUT2D eigenvalue weighted by atomic mass is 10.1. The monoisotopic (exact) mass is 456 g/mol. The van der Waals surface area contributed by atoms with Crippen LogP contribution in [0.2, 0.25) is 0 Å². The quantitative estimate of drug-likeness (QED) is 0.557. The number of nitrogens with zero attached hydrogens (tertiary/aromatic N) is 3. The van der Waals surface area contributed by atoms with Gasteiger partial charge < -0.3 is 24.4 Å². The van der Waals surface area contributed by atoms with Crippen molar-refractivity contribution in [2.75, 3.05) is 40.3 Å². The Labute approximate surface area is 196 Å². The van der Waals surface area contributed by atoms with E-state index in [1.807, 2.05) is 38.1 Å². The Morgan fingerprint density at radius 1 is 1.33 bits per heavy atom. The first kappa shape index (κ1) is 24.8. The average molecular weight is 457 g/mol. The zero-order chi connectivity index (χ0) is 23.8. The van der Waals surface area contributed by atoms with Gasteiger partial charge in [0.15, 0.2) is 11.5 Å². The summed E-state index contributed by atoms with van der Waals surface area (Å²) in [6, 6.07) is 9.59. The molecule has 0 spiro atoms. The number of benzene rings is 1. The Bertz CT molecular complexity index is 927. The Morgan fingerprint density at radius 2 is 2.15 bits per heavy atom. The van der Waals surface area contributed by atoms with Gasteiger partial charge in [-0.25, -0.2) is 0 Å². The second-order valence-corrected chi connectivity index (χ2v) is 9.12. The molecule has 0 saturated carbocycles. The highest BCUT2D eigenvalue weighted by Crippen LogP contribution is 2.25. The fraction of sp³-hybridized carbons (Fsp3) is 0.560. The molecule has 180 valence electrons. The van der Waals surface area contributed by atoms with E-state index in [0.29, 0.717) is 37.2 Å². The van der Waals surface area contributed by atoms with Gasteiger partial charge in [-0.3, -0.25) is 9.59 Å². The summed E-state index contributed by atoms with van der Waals surface area (Å²) in [5, 5.41) is 7.00. The van der Waals surface area contributed by atoms with Crippen LogP contribution in [-0.2, 0) is 4.79 Å². The maximum Gasteiger partial charge on any atom is 0.276 e. The molecule has 1 N–H and O–H groups in total. The number of amides is 2. The molecule has 8 nitrogen and oxygen atoms in total. The van der Waals surface area contributed by atoms with Gasteiger partial charge in [-0.1, -0.05) is 31.1 Å². The summed E-state index contributed by atoms with van der Waals surface area (Å²) in [5.74, 6) is 1.19. The highest BCUT2D eigenvalue weighted by Gasteiger charge is 2.23. The van der Waals surface area contributed by atoms with E-state index in [2.05, 4.69) is 22.4 Å². The smallest absolute Gasteiger partial charge is 0.276 e. The molecule has 2 aromatic rings. The molecule has 1 atom stereocenters. The van der Waals surface area contributed by atoms with E-state index >= 15 is 0 Å². The minimum absolute atomic E-state index is 0.0329. The third kappa shape index (κ3) is 7.05. The number of carbonyl (C=O) groups is 2. The predicted octanol–water partition coefficient (Wildman–Crippen LogP) is 3.44. The van der Waals surface area contributed by atoms with Gasteiger partial charge >= 0.3 is 0 Å². The Morgan fingerprint density at radius 3 is 2.85 bits per heavy atom. The highest BCUT2D eigenvalue weighted by molar-refractivity contribution is 5.93. The van der Waals surface area contributed by atoms with Crippen molar-refractivity contribution in [2.45, 2.75) is 45.6 Å². The molecule has 2 heterocycles. The topological polar surface area (TPSA) is 87.9 Å². The molecule has 33 heavy (non-hydrogen) atoms. The van der Waals surface area contributed by atoms with Crippen LogP contribution in [0.25, 0.3) is 11.3 Å². The van der Waals surface area contributed by atoms with Crippen molar-refractivity contribution in [1.82, 2.24) is 20.3 Å². The summed E-state index contributed by atoms with van der Waals surface area (Å²) in [6.07, 6.45) is 3.64. The van der Waals surface area contributed by atoms with Crippen molar-refractivity contribution in [3.63, 3.8) is 0 Å². The molecule has 0 radical (unpaired) electrons. The molecule has 0 unspecified atom stereocenters. The summed E-state index contributed by atoms with van der Waals surface area (Å²) in [7, 11) is 3.74. The van der Waals surface area contributed by atoms with E-state index in [-0.39, 0.29) is 29.8 Å². The largest absolute Gasteiger partial charge is 0.497 e. The maximum atomic E-state index is 13.1. The molecule has 8 heteroatoms. The van der Waals surface area contributed by atoms with Crippen LogP contribution < -0.4 is 10.1 Å². The number of ether oxygens (including phenoxy) is 1. The van der Waals surface area contributed by atoms with Crippen LogP contribution in [0.1, 0.15) is 50.0 Å². The van der Waals surface area contributed by atoms with Crippen molar-refractivity contribution in [3.05, 3.63) is 36.0 Å². The summed E-state index contributed by atoms with van der Waals surface area (Å²) < 4.78 is 10.7. The number of hydrogen-bond acceptors (Lipinski definition) is 6. The Hall–Kier alpha value is -2.87. The molecule has 1 saturated heterocycles. The van der Waals surface area contributed by atoms with Gasteiger partial charge in [0.05, 0.1) is 7.11 Å². The Balaban J connectivity index is 1.56. The fourth-order valence-corrected chi connectivity index (χ4v) is 4.21. The summed E-state index contributed by atoms with van der Waals surface area (Å²) in [6.45, 7) is 6.77. The van der Waals surface area contributed by atoms with E-state index in [9.17, 15) is 9.59 Å². The lowest BCUT2D eigenvalue weighted by Crippen LogP contribution is -2.38. The van der Waals surface area contributed by atoms with E-state index in [0.717, 1.165) is 18.5 Å². The van der Waals surface area contributed by atoms with Gasteiger partial charge in [0, 0.05) is 43.7 Å². The van der Waals surface area contributed by atoms with Crippen LogP contribution in [0.15, 0.2) is 34.9 Å². The maximum absolute atomic E-state index is 13.1. The third-order valence-electron chi connectivity index (χ3n) is 6.04. The molecule has 1 aliphatic heterocycles. The first-order valence-corrected chi connectivity index (χ1v) is 11.7. The van der Waals surface area contributed by atoms with Crippen LogP contribution in [0, 0.1) is 5.92 Å². The molecule has 0 bridgehead atoms. The predicted molar refractivity (Wildman–Crippen MR) is 127 cm³/mol. The molecule has 1 aromatic heterocycles. The van der Waals surface area contributed by atoms with Gasteiger partial charge in [-0.2, -0.15) is 0 Å². The first-order chi connectivity index (χ1) is 15.9. The summed E-state index contributed by atoms with van der Waals surface area (Å²) >= 11 is 0. The van der Waals surface area contributed by atoms with Crippen LogP contribution in [0.3, 0.4) is 0 Å². The van der Waals surface area contributed by atoms with Crippen molar-refractivity contribution in [3.8, 4) is 17.1 Å². The van der Waals surface area contributed by atoms with Crippen LogP contribution in [0.5, 0.6) is 5.75 Å². The first-order valence-electron chi connectivity index (χ1n) is 11.7. The van der Waals surface area contributed by atoms with Gasteiger partial charge in [0.25, 0.3) is 5.91 Å². The standard InChI is InChI=1S/C25H36N4O4/c1-18(2)17-29(14-11-24(30)26-12-10-20-8-6-13-28(20)3)25(31)22-16-23(33-27-22)19-7-5-9-21(15-19)32-4/h5,7,9,15-16,18,20H,6,8,10-14,17H2,1-4H3,(H,26,30)/t20-/m0/s1.